The van der Waals surface area contributed by atoms with E-state index in [0.29, 0.717) is 17.5 Å². The predicted molar refractivity (Wildman–Crippen MR) is 99.9 cm³/mol. The van der Waals surface area contributed by atoms with Gasteiger partial charge in [-0.2, -0.15) is 0 Å². The molecule has 1 saturated carbocycles. The van der Waals surface area contributed by atoms with Crippen LogP contribution in [0.4, 0.5) is 5.82 Å². The first-order chi connectivity index (χ1) is 12.3. The molecular formula is C20H32N4O. The van der Waals surface area contributed by atoms with Gasteiger partial charge in [-0.1, -0.05) is 13.3 Å². The fourth-order valence-corrected chi connectivity index (χ4v) is 5.13. The number of anilines is 1. The summed E-state index contributed by atoms with van der Waals surface area (Å²) in [5.74, 6) is 1.10. The Morgan fingerprint density at radius 1 is 1.20 bits per heavy atom. The zero-order valence-electron chi connectivity index (χ0n) is 15.5. The predicted octanol–water partition coefficient (Wildman–Crippen LogP) is 2.95. The maximum atomic E-state index is 5.64. The number of ether oxygens (including phenoxy) is 1. The SMILES string of the molecule is CCc1cc(N2CCC[C@@H](N[C@H]3CCCC34CCOCC4)C2)ncn1. The Bertz CT molecular complexity index is 573. The lowest BCUT2D eigenvalue weighted by Crippen LogP contribution is -2.54. The van der Waals surface area contributed by atoms with Gasteiger partial charge in [0.15, 0.2) is 0 Å². The topological polar surface area (TPSA) is 50.3 Å². The van der Waals surface area contributed by atoms with Crippen LogP contribution in [-0.4, -0.2) is 48.4 Å². The summed E-state index contributed by atoms with van der Waals surface area (Å²) in [7, 11) is 0. The summed E-state index contributed by atoms with van der Waals surface area (Å²) in [4.78, 5) is 11.3. The zero-order chi connectivity index (χ0) is 17.1. The van der Waals surface area contributed by atoms with E-state index in [2.05, 4.69) is 33.2 Å². The number of nitrogens with zero attached hydrogens (tertiary/aromatic N) is 3. The molecule has 1 aromatic heterocycles. The van der Waals surface area contributed by atoms with Crippen LogP contribution in [0, 0.1) is 5.41 Å². The van der Waals surface area contributed by atoms with Crippen LogP contribution in [0.15, 0.2) is 12.4 Å². The number of hydrogen-bond acceptors (Lipinski definition) is 5. The van der Waals surface area contributed by atoms with Gasteiger partial charge in [0.2, 0.25) is 0 Å². The van der Waals surface area contributed by atoms with Crippen molar-refractivity contribution in [2.24, 2.45) is 5.41 Å². The summed E-state index contributed by atoms with van der Waals surface area (Å²) in [6.07, 6.45) is 11.8. The van der Waals surface area contributed by atoms with Crippen molar-refractivity contribution in [2.45, 2.75) is 70.4 Å². The van der Waals surface area contributed by atoms with Gasteiger partial charge in [-0.25, -0.2) is 9.97 Å². The maximum Gasteiger partial charge on any atom is 0.132 e. The molecule has 0 bridgehead atoms. The Hall–Kier alpha value is -1.20. The number of rotatable bonds is 4. The van der Waals surface area contributed by atoms with Crippen LogP contribution in [0.3, 0.4) is 0 Å². The normalized spacial score (nSPS) is 29.2. The summed E-state index contributed by atoms with van der Waals surface area (Å²) in [5, 5.41) is 4.07. The van der Waals surface area contributed by atoms with Crippen molar-refractivity contribution in [3.63, 3.8) is 0 Å². The molecule has 1 spiro atoms. The monoisotopic (exact) mass is 344 g/mol. The highest BCUT2D eigenvalue weighted by molar-refractivity contribution is 5.39. The van der Waals surface area contributed by atoms with Crippen LogP contribution >= 0.6 is 0 Å². The average molecular weight is 345 g/mol. The van der Waals surface area contributed by atoms with Gasteiger partial charge in [0.05, 0.1) is 0 Å². The van der Waals surface area contributed by atoms with Gasteiger partial charge in [0.1, 0.15) is 12.1 Å². The maximum absolute atomic E-state index is 5.64. The van der Waals surface area contributed by atoms with E-state index in [-0.39, 0.29) is 0 Å². The van der Waals surface area contributed by atoms with E-state index in [1.54, 1.807) is 6.33 Å². The van der Waals surface area contributed by atoms with Gasteiger partial charge in [-0.3, -0.25) is 0 Å². The molecule has 138 valence electrons. The quantitative estimate of drug-likeness (QED) is 0.910. The molecule has 0 radical (unpaired) electrons. The lowest BCUT2D eigenvalue weighted by molar-refractivity contribution is 0.00219. The van der Waals surface area contributed by atoms with E-state index in [9.17, 15) is 0 Å². The Labute approximate surface area is 151 Å². The standard InChI is InChI=1S/C20H32N4O/c1-2-16-13-19(22-15-21-16)24-10-4-5-17(14-24)23-18-6-3-7-20(18)8-11-25-12-9-20/h13,15,17-18,23H,2-12,14H2,1H3/t17-,18+/m1/s1. The van der Waals surface area contributed by atoms with Crippen molar-refractivity contribution in [1.82, 2.24) is 15.3 Å². The molecule has 1 aromatic rings. The molecule has 1 aliphatic carbocycles. The lowest BCUT2D eigenvalue weighted by atomic mass is 9.75. The molecule has 2 atom stereocenters. The smallest absolute Gasteiger partial charge is 0.132 e. The minimum absolute atomic E-state index is 0.505. The van der Waals surface area contributed by atoms with Crippen molar-refractivity contribution in [3.8, 4) is 0 Å². The van der Waals surface area contributed by atoms with Gasteiger partial charge < -0.3 is 15.0 Å². The van der Waals surface area contributed by atoms with Crippen molar-refractivity contribution < 1.29 is 4.74 Å². The molecule has 1 N–H and O–H groups in total. The fourth-order valence-electron chi connectivity index (χ4n) is 5.13. The van der Waals surface area contributed by atoms with Crippen LogP contribution in [0.1, 0.15) is 57.6 Å². The highest BCUT2D eigenvalue weighted by atomic mass is 16.5. The van der Waals surface area contributed by atoms with Crippen LogP contribution in [0.2, 0.25) is 0 Å². The molecule has 2 aliphatic heterocycles. The van der Waals surface area contributed by atoms with Crippen molar-refractivity contribution in [2.75, 3.05) is 31.2 Å². The van der Waals surface area contributed by atoms with Gasteiger partial charge >= 0.3 is 0 Å². The first-order valence-electron chi connectivity index (χ1n) is 10.2. The number of aryl methyl sites for hydroxylation is 1. The highest BCUT2D eigenvalue weighted by Crippen LogP contribution is 2.46. The number of aromatic nitrogens is 2. The molecule has 0 amide bonds. The molecule has 3 heterocycles. The Balaban J connectivity index is 1.41. The van der Waals surface area contributed by atoms with Gasteiger partial charge in [-0.15, -0.1) is 0 Å². The molecule has 0 unspecified atom stereocenters. The van der Waals surface area contributed by atoms with Crippen LogP contribution in [-0.2, 0) is 11.2 Å². The van der Waals surface area contributed by atoms with Crippen LogP contribution in [0.5, 0.6) is 0 Å². The van der Waals surface area contributed by atoms with E-state index in [0.717, 1.165) is 44.2 Å². The number of piperidine rings is 1. The molecule has 3 fully saturated rings. The average Bonchev–Trinajstić information content (AvgIpc) is 3.04. The third-order valence-electron chi connectivity index (χ3n) is 6.65. The summed E-state index contributed by atoms with van der Waals surface area (Å²) in [6, 6.07) is 3.42. The minimum atomic E-state index is 0.505. The first-order valence-corrected chi connectivity index (χ1v) is 10.2. The number of hydrogen-bond donors (Lipinski definition) is 1. The second kappa shape index (κ2) is 7.58. The van der Waals surface area contributed by atoms with Crippen LogP contribution in [0.25, 0.3) is 0 Å². The summed E-state index contributed by atoms with van der Waals surface area (Å²) in [5.41, 5.74) is 1.64. The summed E-state index contributed by atoms with van der Waals surface area (Å²) in [6.45, 7) is 6.25. The van der Waals surface area contributed by atoms with E-state index < -0.39 is 0 Å². The fraction of sp³-hybridized carbons (Fsp3) is 0.800. The number of nitrogens with one attached hydrogen (secondary N) is 1. The largest absolute Gasteiger partial charge is 0.381 e. The molecule has 0 aromatic carbocycles. The molecule has 4 rings (SSSR count). The van der Waals surface area contributed by atoms with Crippen molar-refractivity contribution in [1.29, 1.82) is 0 Å². The van der Waals surface area contributed by atoms with Gasteiger partial charge in [-0.05, 0) is 50.4 Å². The Morgan fingerprint density at radius 2 is 2.08 bits per heavy atom. The Morgan fingerprint density at radius 3 is 2.92 bits per heavy atom. The Kier molecular flexibility index (Phi) is 5.23. The first kappa shape index (κ1) is 17.2. The minimum Gasteiger partial charge on any atom is -0.381 e. The lowest BCUT2D eigenvalue weighted by Gasteiger charge is -2.43. The summed E-state index contributed by atoms with van der Waals surface area (Å²) >= 11 is 0. The zero-order valence-corrected chi connectivity index (χ0v) is 15.5. The highest BCUT2D eigenvalue weighted by Gasteiger charge is 2.44. The van der Waals surface area contributed by atoms with Crippen LogP contribution < -0.4 is 10.2 Å². The van der Waals surface area contributed by atoms with E-state index in [1.807, 2.05) is 0 Å². The summed E-state index contributed by atoms with van der Waals surface area (Å²) < 4.78 is 5.64. The molecule has 2 saturated heterocycles. The van der Waals surface area contributed by atoms with E-state index >= 15 is 0 Å². The van der Waals surface area contributed by atoms with E-state index in [4.69, 9.17) is 4.74 Å². The second-order valence-corrected chi connectivity index (χ2v) is 8.09. The molecule has 5 heteroatoms. The third kappa shape index (κ3) is 3.68. The second-order valence-electron chi connectivity index (χ2n) is 8.09. The van der Waals surface area contributed by atoms with Crippen molar-refractivity contribution in [3.05, 3.63) is 18.1 Å². The molecule has 25 heavy (non-hydrogen) atoms. The molecule has 5 nitrogen and oxygen atoms in total. The van der Waals surface area contributed by atoms with Crippen molar-refractivity contribution >= 4 is 5.82 Å². The third-order valence-corrected chi connectivity index (χ3v) is 6.65. The van der Waals surface area contributed by atoms with Gasteiger partial charge in [0, 0.05) is 50.1 Å². The molecular weight excluding hydrogens is 312 g/mol. The van der Waals surface area contributed by atoms with Gasteiger partial charge in [0.25, 0.3) is 0 Å². The molecule has 3 aliphatic rings. The van der Waals surface area contributed by atoms with E-state index in [1.165, 1.54) is 44.9 Å².